The molecule has 0 radical (unpaired) electrons. The van der Waals surface area contributed by atoms with Crippen molar-refractivity contribution in [2.24, 2.45) is 0 Å². The Morgan fingerprint density at radius 1 is 0.881 bits per heavy atom. The van der Waals surface area contributed by atoms with Gasteiger partial charge in [0.15, 0.2) is 17.2 Å². The zero-order valence-electron chi connectivity index (χ0n) is 22.6. The van der Waals surface area contributed by atoms with Crippen LogP contribution in [0.2, 0.25) is 0 Å². The van der Waals surface area contributed by atoms with Crippen molar-refractivity contribution in [1.29, 1.82) is 0 Å². The molecule has 42 heavy (non-hydrogen) atoms. The van der Waals surface area contributed by atoms with E-state index in [0.29, 0.717) is 46.1 Å². The first-order valence-electron chi connectivity index (χ1n) is 13.4. The molecule has 7 aromatic rings. The highest BCUT2D eigenvalue weighted by atomic mass is 19.1. The molecule has 0 aliphatic carbocycles. The summed E-state index contributed by atoms with van der Waals surface area (Å²) in [4.78, 5) is 21.8. The molecule has 7 rings (SSSR count). The van der Waals surface area contributed by atoms with Crippen LogP contribution < -0.4 is 10.1 Å². The number of H-pyrrole nitrogens is 2. The molecule has 0 spiro atoms. The van der Waals surface area contributed by atoms with Crippen molar-refractivity contribution in [1.82, 2.24) is 40.4 Å². The number of pyridine rings is 3. The molecule has 5 heterocycles. The molecule has 9 nitrogen and oxygen atoms in total. The summed E-state index contributed by atoms with van der Waals surface area (Å²) in [5.74, 6) is 0.533. The van der Waals surface area contributed by atoms with E-state index in [1.165, 1.54) is 24.8 Å². The summed E-state index contributed by atoms with van der Waals surface area (Å²) in [7, 11) is 1.51. The van der Waals surface area contributed by atoms with Gasteiger partial charge in [-0.15, -0.1) is 0 Å². The van der Waals surface area contributed by atoms with E-state index in [4.69, 9.17) is 14.7 Å². The molecular weight excluding hydrogens is 531 g/mol. The van der Waals surface area contributed by atoms with Crippen molar-refractivity contribution in [3.05, 3.63) is 108 Å². The molecule has 3 N–H and O–H groups in total. The Bertz CT molecular complexity index is 2040. The number of aromatic nitrogens is 7. The Balaban J connectivity index is 1.21. The number of ether oxygens (including phenoxy) is 1. The Labute approximate surface area is 239 Å². The van der Waals surface area contributed by atoms with Crippen LogP contribution >= 0.6 is 0 Å². The Morgan fingerprint density at radius 2 is 1.76 bits per heavy atom. The van der Waals surface area contributed by atoms with Crippen molar-refractivity contribution < 1.29 is 9.13 Å². The molecule has 0 aliphatic heterocycles. The fourth-order valence-electron chi connectivity index (χ4n) is 5.00. The number of methoxy groups -OCH3 is 1. The Kier molecular flexibility index (Phi) is 6.57. The van der Waals surface area contributed by atoms with Gasteiger partial charge in [0.25, 0.3) is 0 Å². The van der Waals surface area contributed by atoms with Crippen LogP contribution in [0, 0.1) is 5.82 Å². The number of halogens is 1. The summed E-state index contributed by atoms with van der Waals surface area (Å²) in [6.07, 6.45) is 5.31. The number of nitrogens with one attached hydrogen (secondary N) is 3. The van der Waals surface area contributed by atoms with Gasteiger partial charge in [-0.25, -0.2) is 19.3 Å². The molecule has 0 aliphatic rings. The van der Waals surface area contributed by atoms with Crippen LogP contribution in [0.1, 0.15) is 11.1 Å². The molecule has 10 heteroatoms. The van der Waals surface area contributed by atoms with Crippen molar-refractivity contribution in [2.75, 3.05) is 7.11 Å². The van der Waals surface area contributed by atoms with Crippen molar-refractivity contribution in [3.8, 4) is 39.7 Å². The maximum atomic E-state index is 14.3. The topological polar surface area (TPSA) is 117 Å². The summed E-state index contributed by atoms with van der Waals surface area (Å²) >= 11 is 0. The lowest BCUT2D eigenvalue weighted by Gasteiger charge is -2.07. The predicted molar refractivity (Wildman–Crippen MR) is 159 cm³/mol. The van der Waals surface area contributed by atoms with Crippen LogP contribution in [0.3, 0.4) is 0 Å². The van der Waals surface area contributed by atoms with E-state index in [-0.39, 0.29) is 0 Å². The van der Waals surface area contributed by atoms with E-state index in [1.807, 2.05) is 42.6 Å². The number of imidazole rings is 1. The number of hydrogen-bond acceptors (Lipinski definition) is 7. The lowest BCUT2D eigenvalue weighted by Crippen LogP contribution is -2.12. The Hall–Kier alpha value is -5.48. The van der Waals surface area contributed by atoms with E-state index in [1.54, 1.807) is 18.5 Å². The fourth-order valence-corrected chi connectivity index (χ4v) is 5.00. The highest BCUT2D eigenvalue weighted by Gasteiger charge is 2.18. The van der Waals surface area contributed by atoms with Crippen molar-refractivity contribution in [2.45, 2.75) is 13.1 Å². The quantitative estimate of drug-likeness (QED) is 0.208. The third kappa shape index (κ3) is 4.95. The highest BCUT2D eigenvalue weighted by molar-refractivity contribution is 5.95. The molecule has 5 aromatic heterocycles. The molecule has 2 aromatic carbocycles. The summed E-state index contributed by atoms with van der Waals surface area (Å²) < 4.78 is 19.5. The number of nitrogens with zero attached hydrogens (tertiary/aromatic N) is 5. The van der Waals surface area contributed by atoms with Gasteiger partial charge in [-0.3, -0.25) is 10.1 Å². The lowest BCUT2D eigenvalue weighted by atomic mass is 10.1. The summed E-state index contributed by atoms with van der Waals surface area (Å²) in [5, 5.41) is 11.0. The SMILES string of the molecule is COc1cc(F)cc(-c2ccnc3nc(-c4n[nH]c5ccc(-c6cncc(CNCc7ccccc7)c6)nc45)[nH]c23)c1. The largest absolute Gasteiger partial charge is 0.497 e. The second-order valence-corrected chi connectivity index (χ2v) is 9.86. The third-order valence-corrected chi connectivity index (χ3v) is 7.03. The van der Waals surface area contributed by atoms with Gasteiger partial charge in [0, 0.05) is 48.9 Å². The zero-order valence-corrected chi connectivity index (χ0v) is 22.6. The van der Waals surface area contributed by atoms with E-state index < -0.39 is 5.82 Å². The summed E-state index contributed by atoms with van der Waals surface area (Å²) in [6, 6.07) is 22.6. The third-order valence-electron chi connectivity index (χ3n) is 7.03. The zero-order chi connectivity index (χ0) is 28.5. The maximum absolute atomic E-state index is 14.3. The molecule has 0 bridgehead atoms. The molecule has 0 saturated heterocycles. The summed E-state index contributed by atoms with van der Waals surface area (Å²) in [5.41, 5.74) is 8.47. The number of hydrogen-bond donors (Lipinski definition) is 3. The number of fused-ring (bicyclic) bond motifs is 2. The summed E-state index contributed by atoms with van der Waals surface area (Å²) in [6.45, 7) is 1.45. The molecule has 0 atom stereocenters. The minimum absolute atomic E-state index is 0.394. The molecule has 0 fully saturated rings. The molecule has 0 amide bonds. The average molecular weight is 557 g/mol. The standard InChI is InChI=1S/C32H25FN8O/c1-42-24-13-21(12-23(33)14-24)25-9-10-36-31-28(25)38-32(39-31)30-29-27(40-41-30)8-7-26(37-29)22-11-20(17-35-18-22)16-34-15-19-5-3-2-4-6-19/h2-14,17-18,34H,15-16H2,1H3,(H,40,41)(H,36,38,39). The van der Waals surface area contributed by atoms with Crippen LogP contribution in [-0.2, 0) is 13.1 Å². The van der Waals surface area contributed by atoms with Crippen LogP contribution in [0.5, 0.6) is 5.75 Å². The smallest absolute Gasteiger partial charge is 0.178 e. The van der Waals surface area contributed by atoms with Crippen molar-refractivity contribution in [3.63, 3.8) is 0 Å². The second kappa shape index (κ2) is 10.8. The molecular formula is C32H25FN8O. The van der Waals surface area contributed by atoms with Gasteiger partial charge in [0.2, 0.25) is 0 Å². The van der Waals surface area contributed by atoms with Gasteiger partial charge in [-0.1, -0.05) is 30.3 Å². The van der Waals surface area contributed by atoms with E-state index in [9.17, 15) is 4.39 Å². The Morgan fingerprint density at radius 3 is 2.64 bits per heavy atom. The fraction of sp³-hybridized carbons (Fsp3) is 0.0938. The monoisotopic (exact) mass is 556 g/mol. The predicted octanol–water partition coefficient (Wildman–Crippen LogP) is 6.06. The first kappa shape index (κ1) is 25.5. The van der Waals surface area contributed by atoms with E-state index in [2.05, 4.69) is 48.7 Å². The van der Waals surface area contributed by atoms with Gasteiger partial charge in [0.1, 0.15) is 17.1 Å². The number of aromatic amines is 2. The molecule has 206 valence electrons. The van der Waals surface area contributed by atoms with Gasteiger partial charge in [0.05, 0.1) is 23.8 Å². The van der Waals surface area contributed by atoms with Gasteiger partial charge < -0.3 is 15.0 Å². The van der Waals surface area contributed by atoms with Crippen LogP contribution in [-0.4, -0.2) is 42.2 Å². The van der Waals surface area contributed by atoms with Gasteiger partial charge >= 0.3 is 0 Å². The van der Waals surface area contributed by atoms with E-state index in [0.717, 1.165) is 34.4 Å². The van der Waals surface area contributed by atoms with Gasteiger partial charge in [-0.05, 0) is 53.1 Å². The van der Waals surface area contributed by atoms with Crippen molar-refractivity contribution >= 4 is 22.2 Å². The molecule has 0 saturated carbocycles. The number of benzene rings is 2. The normalized spacial score (nSPS) is 11.4. The van der Waals surface area contributed by atoms with Gasteiger partial charge in [-0.2, -0.15) is 5.10 Å². The minimum atomic E-state index is -0.394. The first-order valence-corrected chi connectivity index (χ1v) is 13.4. The number of rotatable bonds is 8. The van der Waals surface area contributed by atoms with E-state index >= 15 is 0 Å². The lowest BCUT2D eigenvalue weighted by molar-refractivity contribution is 0.411. The van der Waals surface area contributed by atoms with Crippen LogP contribution in [0.4, 0.5) is 4.39 Å². The maximum Gasteiger partial charge on any atom is 0.178 e. The second-order valence-electron chi connectivity index (χ2n) is 9.86. The van der Waals surface area contributed by atoms with Crippen LogP contribution in [0.25, 0.3) is 56.1 Å². The average Bonchev–Trinajstić information content (AvgIpc) is 3.65. The highest BCUT2D eigenvalue weighted by Crippen LogP contribution is 2.33. The minimum Gasteiger partial charge on any atom is -0.497 e. The van der Waals surface area contributed by atoms with Crippen LogP contribution in [0.15, 0.2) is 91.4 Å². The first-order chi connectivity index (χ1) is 20.6. The molecule has 0 unspecified atom stereocenters.